The van der Waals surface area contributed by atoms with E-state index in [1.54, 1.807) is 22.8 Å². The summed E-state index contributed by atoms with van der Waals surface area (Å²) in [5.41, 5.74) is 7.22. The molecule has 8 heteroatoms. The third-order valence-electron chi connectivity index (χ3n) is 5.39. The zero-order valence-electron chi connectivity index (χ0n) is 16.5. The predicted molar refractivity (Wildman–Crippen MR) is 109 cm³/mol. The highest BCUT2D eigenvalue weighted by Crippen LogP contribution is 2.42. The fourth-order valence-corrected chi connectivity index (χ4v) is 3.89. The molecule has 6 nitrogen and oxygen atoms in total. The van der Waals surface area contributed by atoms with E-state index in [4.69, 9.17) is 22.1 Å². The van der Waals surface area contributed by atoms with E-state index >= 15 is 4.39 Å². The molecule has 0 unspecified atom stereocenters. The number of primary amides is 1. The Labute approximate surface area is 172 Å². The Bertz CT molecular complexity index is 1120. The van der Waals surface area contributed by atoms with Crippen LogP contribution in [0.5, 0.6) is 5.75 Å². The molecule has 1 fully saturated rings. The molecule has 0 spiro atoms. The molecule has 1 aromatic carbocycles. The van der Waals surface area contributed by atoms with Crippen molar-refractivity contribution >= 4 is 23.3 Å². The van der Waals surface area contributed by atoms with E-state index in [-0.39, 0.29) is 16.5 Å². The van der Waals surface area contributed by atoms with Gasteiger partial charge in [-0.25, -0.2) is 18.7 Å². The van der Waals surface area contributed by atoms with E-state index in [1.807, 2.05) is 20.8 Å². The van der Waals surface area contributed by atoms with Gasteiger partial charge in [-0.15, -0.1) is 0 Å². The maximum atomic E-state index is 15.7. The third kappa shape index (κ3) is 3.44. The second-order valence-corrected chi connectivity index (χ2v) is 8.79. The number of carbonyl (C=O) groups is 1. The molecule has 4 rings (SSSR count). The fourth-order valence-electron chi connectivity index (χ4n) is 3.71. The minimum Gasteiger partial charge on any atom is -0.410 e. The average molecular weight is 417 g/mol. The highest BCUT2D eigenvalue weighted by molar-refractivity contribution is 6.29. The van der Waals surface area contributed by atoms with Crippen molar-refractivity contribution in [3.05, 3.63) is 46.5 Å². The molecule has 152 valence electrons. The number of ether oxygens (including phenoxy) is 1. The zero-order valence-corrected chi connectivity index (χ0v) is 17.3. The van der Waals surface area contributed by atoms with Crippen LogP contribution in [-0.4, -0.2) is 20.7 Å². The Kier molecular flexibility index (Phi) is 4.73. The van der Waals surface area contributed by atoms with E-state index < -0.39 is 17.3 Å². The van der Waals surface area contributed by atoms with Gasteiger partial charge in [0, 0.05) is 11.6 Å². The number of amides is 1. The zero-order chi connectivity index (χ0) is 20.9. The summed E-state index contributed by atoms with van der Waals surface area (Å²) in [6, 6.07) is 4.66. The topological polar surface area (TPSA) is 82.5 Å². The Morgan fingerprint density at radius 2 is 2.07 bits per heavy atom. The van der Waals surface area contributed by atoms with E-state index in [0.717, 1.165) is 24.8 Å². The molecule has 1 saturated carbocycles. The summed E-state index contributed by atoms with van der Waals surface area (Å²) in [6.07, 6.45) is 4.02. The van der Waals surface area contributed by atoms with E-state index in [2.05, 4.69) is 10.1 Å². The van der Waals surface area contributed by atoms with Gasteiger partial charge in [-0.3, -0.25) is 0 Å². The first-order chi connectivity index (χ1) is 13.7. The Morgan fingerprint density at radius 1 is 1.34 bits per heavy atom. The molecule has 2 heterocycles. The molecule has 3 aromatic rings. The van der Waals surface area contributed by atoms with Crippen LogP contribution >= 0.6 is 11.6 Å². The largest absolute Gasteiger partial charge is 0.410 e. The van der Waals surface area contributed by atoms with Crippen LogP contribution in [0.3, 0.4) is 0 Å². The summed E-state index contributed by atoms with van der Waals surface area (Å²) in [6.45, 7) is 5.71. The molecule has 0 bridgehead atoms. The summed E-state index contributed by atoms with van der Waals surface area (Å²) < 4.78 is 22.4. The number of carbonyl (C=O) groups excluding carboxylic acids is 1. The van der Waals surface area contributed by atoms with Gasteiger partial charge in [0.15, 0.2) is 5.65 Å². The number of hydrogen-bond donors (Lipinski definition) is 1. The lowest BCUT2D eigenvalue weighted by Gasteiger charge is -2.24. The molecular weight excluding hydrogens is 395 g/mol. The summed E-state index contributed by atoms with van der Waals surface area (Å²) in [5, 5.41) is 4.66. The SMILES string of the molecule is CC(C)(C)c1ccc(OC(N)=O)c(-c2cc(Cl)nc3c(C4CCC4)cnn23)c1F. The average Bonchev–Trinajstić information content (AvgIpc) is 2.95. The molecule has 0 atom stereocenters. The molecule has 2 N–H and O–H groups in total. The van der Waals surface area contributed by atoms with Crippen LogP contribution in [0.25, 0.3) is 16.9 Å². The number of halogens is 2. The van der Waals surface area contributed by atoms with Gasteiger partial charge in [-0.1, -0.05) is 44.9 Å². The standard InChI is InChI=1S/C21H22ClFN4O2/c1-21(2,3)13-7-8-15(29-20(24)28)17(18(13)23)14-9-16(22)26-19-12(10-25-27(14)19)11-5-4-6-11/h7-11H,4-6H2,1-3H3,(H2,24,28). The first-order valence-electron chi connectivity index (χ1n) is 9.51. The van der Waals surface area contributed by atoms with Crippen LogP contribution in [0.1, 0.15) is 57.1 Å². The first-order valence-corrected chi connectivity index (χ1v) is 9.89. The monoisotopic (exact) mass is 416 g/mol. The van der Waals surface area contributed by atoms with Crippen molar-refractivity contribution in [2.45, 2.75) is 51.4 Å². The number of rotatable bonds is 3. The normalized spacial score (nSPS) is 14.8. The second kappa shape index (κ2) is 6.99. The summed E-state index contributed by atoms with van der Waals surface area (Å²) in [5.74, 6) is -0.133. The smallest absolute Gasteiger partial charge is 0.409 e. The van der Waals surface area contributed by atoms with E-state index in [0.29, 0.717) is 22.8 Å². The van der Waals surface area contributed by atoms with Crippen LogP contribution in [-0.2, 0) is 5.41 Å². The number of nitrogens with zero attached hydrogens (tertiary/aromatic N) is 3. The van der Waals surface area contributed by atoms with Gasteiger partial charge in [-0.2, -0.15) is 5.10 Å². The van der Waals surface area contributed by atoms with Gasteiger partial charge >= 0.3 is 6.09 Å². The molecule has 0 radical (unpaired) electrons. The lowest BCUT2D eigenvalue weighted by atomic mass is 9.81. The molecule has 0 saturated heterocycles. The third-order valence-corrected chi connectivity index (χ3v) is 5.58. The minimum absolute atomic E-state index is 0.00672. The van der Waals surface area contributed by atoms with Crippen molar-refractivity contribution in [2.24, 2.45) is 5.73 Å². The highest BCUT2D eigenvalue weighted by atomic mass is 35.5. The van der Waals surface area contributed by atoms with Crippen molar-refractivity contribution < 1.29 is 13.9 Å². The Balaban J connectivity index is 2.01. The Hall–Kier alpha value is -2.67. The lowest BCUT2D eigenvalue weighted by Crippen LogP contribution is -2.19. The predicted octanol–water partition coefficient (Wildman–Crippen LogP) is 5.21. The molecule has 2 aromatic heterocycles. The van der Waals surface area contributed by atoms with Gasteiger partial charge in [0.2, 0.25) is 0 Å². The summed E-state index contributed by atoms with van der Waals surface area (Å²) in [7, 11) is 0. The van der Waals surface area contributed by atoms with Crippen molar-refractivity contribution in [3.8, 4) is 17.0 Å². The highest BCUT2D eigenvalue weighted by Gasteiger charge is 2.29. The van der Waals surface area contributed by atoms with Crippen molar-refractivity contribution in [2.75, 3.05) is 0 Å². The number of benzene rings is 1. The van der Waals surface area contributed by atoms with E-state index in [1.165, 1.54) is 6.07 Å². The second-order valence-electron chi connectivity index (χ2n) is 8.40. The molecule has 1 aliphatic carbocycles. The number of fused-ring (bicyclic) bond motifs is 1. The fraction of sp³-hybridized carbons (Fsp3) is 0.381. The van der Waals surface area contributed by atoms with Crippen LogP contribution in [0, 0.1) is 5.82 Å². The van der Waals surface area contributed by atoms with Gasteiger partial charge in [0.25, 0.3) is 0 Å². The number of hydrogen-bond acceptors (Lipinski definition) is 4. The molecule has 0 aliphatic heterocycles. The van der Waals surface area contributed by atoms with Crippen molar-refractivity contribution in [1.82, 2.24) is 14.6 Å². The Morgan fingerprint density at radius 3 is 2.66 bits per heavy atom. The van der Waals surface area contributed by atoms with Crippen LogP contribution < -0.4 is 10.5 Å². The van der Waals surface area contributed by atoms with E-state index in [9.17, 15) is 4.79 Å². The first kappa shape index (κ1) is 19.6. The maximum absolute atomic E-state index is 15.7. The van der Waals surface area contributed by atoms with Crippen molar-refractivity contribution in [3.63, 3.8) is 0 Å². The molecular formula is C21H22ClFN4O2. The van der Waals surface area contributed by atoms with Crippen molar-refractivity contribution in [1.29, 1.82) is 0 Å². The summed E-state index contributed by atoms with van der Waals surface area (Å²) >= 11 is 6.30. The molecule has 29 heavy (non-hydrogen) atoms. The minimum atomic E-state index is -1.03. The van der Waals surface area contributed by atoms with Crippen LogP contribution in [0.4, 0.5) is 9.18 Å². The van der Waals surface area contributed by atoms with Crippen LogP contribution in [0.15, 0.2) is 24.4 Å². The van der Waals surface area contributed by atoms with Gasteiger partial charge in [0.1, 0.15) is 16.7 Å². The van der Waals surface area contributed by atoms with Crippen LogP contribution in [0.2, 0.25) is 5.15 Å². The molecule has 1 aliphatic rings. The van der Waals surface area contributed by atoms with Gasteiger partial charge in [0.05, 0.1) is 17.5 Å². The quantitative estimate of drug-likeness (QED) is 0.594. The number of aromatic nitrogens is 3. The van der Waals surface area contributed by atoms with Gasteiger partial charge < -0.3 is 10.5 Å². The molecule has 1 amide bonds. The lowest BCUT2D eigenvalue weighted by molar-refractivity contribution is 0.211. The number of nitrogens with two attached hydrogens (primary N) is 1. The maximum Gasteiger partial charge on any atom is 0.409 e. The van der Waals surface area contributed by atoms with Gasteiger partial charge in [-0.05, 0) is 35.8 Å². The summed E-state index contributed by atoms with van der Waals surface area (Å²) in [4.78, 5) is 15.9.